The lowest BCUT2D eigenvalue weighted by Crippen LogP contribution is -2.22. The molecule has 15 heavy (non-hydrogen) atoms. The second kappa shape index (κ2) is 4.53. The molecule has 0 aliphatic heterocycles. The first kappa shape index (κ1) is 11.8. The quantitative estimate of drug-likeness (QED) is 0.830. The Hall–Kier alpha value is -1.23. The smallest absolute Gasteiger partial charge is 0.278 e. The normalized spacial score (nSPS) is 11.5. The number of anilines is 1. The van der Waals surface area contributed by atoms with E-state index in [4.69, 9.17) is 5.11 Å². The van der Waals surface area contributed by atoms with Crippen LogP contribution in [0.2, 0.25) is 0 Å². The molecule has 1 N–H and O–H groups in total. The third-order valence-corrected chi connectivity index (χ3v) is 2.03. The number of aliphatic hydroxyl groups excluding tert-OH is 1. The SMILES string of the molecule is CN(C)c1ncccc1C(F)(F)CCO. The van der Waals surface area contributed by atoms with Crippen molar-refractivity contribution in [2.45, 2.75) is 12.3 Å². The second-order valence-corrected chi connectivity index (χ2v) is 3.45. The predicted octanol–water partition coefficient (Wildman–Crippen LogP) is 1.62. The van der Waals surface area contributed by atoms with E-state index >= 15 is 0 Å². The third kappa shape index (κ3) is 2.62. The summed E-state index contributed by atoms with van der Waals surface area (Å²) in [5, 5.41) is 8.58. The number of aromatic nitrogens is 1. The van der Waals surface area contributed by atoms with E-state index in [2.05, 4.69) is 4.98 Å². The van der Waals surface area contributed by atoms with Crippen LogP contribution in [0.15, 0.2) is 18.3 Å². The molecule has 1 aromatic rings. The molecule has 0 bridgehead atoms. The van der Waals surface area contributed by atoms with Gasteiger partial charge in [0.15, 0.2) is 0 Å². The number of alkyl halides is 2. The van der Waals surface area contributed by atoms with Gasteiger partial charge in [-0.05, 0) is 12.1 Å². The van der Waals surface area contributed by atoms with Gasteiger partial charge >= 0.3 is 0 Å². The Bertz CT molecular complexity index is 329. The van der Waals surface area contributed by atoms with Gasteiger partial charge in [0, 0.05) is 33.3 Å². The van der Waals surface area contributed by atoms with Crippen LogP contribution in [0.25, 0.3) is 0 Å². The molecule has 0 fully saturated rings. The lowest BCUT2D eigenvalue weighted by atomic mass is 10.1. The molecule has 0 saturated carbocycles. The summed E-state index contributed by atoms with van der Waals surface area (Å²) in [7, 11) is 3.31. The van der Waals surface area contributed by atoms with E-state index in [1.165, 1.54) is 23.2 Å². The second-order valence-electron chi connectivity index (χ2n) is 3.45. The first-order valence-electron chi connectivity index (χ1n) is 4.60. The number of hydrogen-bond acceptors (Lipinski definition) is 3. The average molecular weight is 216 g/mol. The maximum atomic E-state index is 13.6. The Morgan fingerprint density at radius 2 is 2.13 bits per heavy atom. The summed E-state index contributed by atoms with van der Waals surface area (Å²) < 4.78 is 27.1. The molecule has 5 heteroatoms. The van der Waals surface area contributed by atoms with Gasteiger partial charge in [-0.1, -0.05) is 0 Å². The van der Waals surface area contributed by atoms with Crippen molar-refractivity contribution in [1.82, 2.24) is 4.98 Å². The van der Waals surface area contributed by atoms with E-state index in [1.807, 2.05) is 0 Å². The average Bonchev–Trinajstić information content (AvgIpc) is 2.17. The monoisotopic (exact) mass is 216 g/mol. The van der Waals surface area contributed by atoms with Crippen LogP contribution in [0, 0.1) is 0 Å². The highest BCUT2D eigenvalue weighted by atomic mass is 19.3. The molecule has 0 aliphatic carbocycles. The van der Waals surface area contributed by atoms with Crippen LogP contribution < -0.4 is 4.90 Å². The van der Waals surface area contributed by atoms with E-state index in [-0.39, 0.29) is 11.4 Å². The number of nitrogens with zero attached hydrogens (tertiary/aromatic N) is 2. The fourth-order valence-electron chi connectivity index (χ4n) is 1.31. The number of aliphatic hydroxyl groups is 1. The van der Waals surface area contributed by atoms with Crippen molar-refractivity contribution in [3.63, 3.8) is 0 Å². The molecule has 1 aromatic heterocycles. The van der Waals surface area contributed by atoms with Crippen LogP contribution in [-0.2, 0) is 5.92 Å². The van der Waals surface area contributed by atoms with Gasteiger partial charge in [-0.25, -0.2) is 13.8 Å². The fourth-order valence-corrected chi connectivity index (χ4v) is 1.31. The molecule has 84 valence electrons. The lowest BCUT2D eigenvalue weighted by Gasteiger charge is -2.21. The van der Waals surface area contributed by atoms with E-state index in [0.29, 0.717) is 0 Å². The Morgan fingerprint density at radius 1 is 1.47 bits per heavy atom. The van der Waals surface area contributed by atoms with Gasteiger partial charge in [-0.15, -0.1) is 0 Å². The summed E-state index contributed by atoms with van der Waals surface area (Å²) in [4.78, 5) is 5.42. The maximum absolute atomic E-state index is 13.6. The van der Waals surface area contributed by atoms with Crippen molar-refractivity contribution in [3.05, 3.63) is 23.9 Å². The minimum absolute atomic E-state index is 0.149. The van der Waals surface area contributed by atoms with E-state index in [9.17, 15) is 8.78 Å². The van der Waals surface area contributed by atoms with Gasteiger partial charge in [-0.3, -0.25) is 0 Å². The molecule has 3 nitrogen and oxygen atoms in total. The number of hydrogen-bond donors (Lipinski definition) is 1. The Labute approximate surface area is 87.4 Å². The summed E-state index contributed by atoms with van der Waals surface area (Å²) in [6, 6.07) is 2.80. The molecule has 0 unspecified atom stereocenters. The highest BCUT2D eigenvalue weighted by Gasteiger charge is 2.34. The van der Waals surface area contributed by atoms with Crippen molar-refractivity contribution in [1.29, 1.82) is 0 Å². The first-order valence-corrected chi connectivity index (χ1v) is 4.60. The molecule has 1 rings (SSSR count). The van der Waals surface area contributed by atoms with E-state index in [0.717, 1.165) is 0 Å². The Morgan fingerprint density at radius 3 is 2.67 bits per heavy atom. The number of pyridine rings is 1. The van der Waals surface area contributed by atoms with Gasteiger partial charge in [0.1, 0.15) is 5.82 Å². The minimum atomic E-state index is -3.04. The summed E-state index contributed by atoms with van der Waals surface area (Å²) in [5.74, 6) is -2.81. The first-order chi connectivity index (χ1) is 6.99. The van der Waals surface area contributed by atoms with Gasteiger partial charge in [0.05, 0.1) is 5.56 Å². The maximum Gasteiger partial charge on any atom is 0.278 e. The van der Waals surface area contributed by atoms with Crippen molar-refractivity contribution in [2.75, 3.05) is 25.6 Å². The summed E-state index contributed by atoms with van der Waals surface area (Å²) in [6.45, 7) is -0.547. The zero-order valence-corrected chi connectivity index (χ0v) is 8.74. The third-order valence-electron chi connectivity index (χ3n) is 2.03. The Kier molecular flexibility index (Phi) is 3.57. The minimum Gasteiger partial charge on any atom is -0.396 e. The van der Waals surface area contributed by atoms with E-state index < -0.39 is 19.0 Å². The molecular formula is C10H14F2N2O. The lowest BCUT2D eigenvalue weighted by molar-refractivity contribution is -0.0267. The molecular weight excluding hydrogens is 202 g/mol. The fraction of sp³-hybridized carbons (Fsp3) is 0.500. The Balaban J connectivity index is 3.12. The highest BCUT2D eigenvalue weighted by molar-refractivity contribution is 5.47. The highest BCUT2D eigenvalue weighted by Crippen LogP contribution is 2.35. The van der Waals surface area contributed by atoms with Gasteiger partial charge < -0.3 is 10.0 Å². The standard InChI is InChI=1S/C10H14F2N2O/c1-14(2)9-8(4-3-6-13-9)10(11,12)5-7-15/h3-4,6,15H,5,7H2,1-2H3. The molecule has 0 aliphatic rings. The summed E-state index contributed by atoms with van der Waals surface area (Å²) >= 11 is 0. The van der Waals surface area contributed by atoms with Crippen LogP contribution in [0.1, 0.15) is 12.0 Å². The van der Waals surface area contributed by atoms with Crippen molar-refractivity contribution >= 4 is 5.82 Å². The zero-order valence-electron chi connectivity index (χ0n) is 8.74. The van der Waals surface area contributed by atoms with Crippen LogP contribution in [-0.4, -0.2) is 30.8 Å². The molecule has 0 spiro atoms. The molecule has 0 radical (unpaired) electrons. The molecule has 1 heterocycles. The molecule has 0 amide bonds. The van der Waals surface area contributed by atoms with E-state index in [1.54, 1.807) is 14.1 Å². The van der Waals surface area contributed by atoms with Crippen LogP contribution in [0.5, 0.6) is 0 Å². The zero-order chi connectivity index (χ0) is 11.5. The topological polar surface area (TPSA) is 36.4 Å². The van der Waals surface area contributed by atoms with Crippen molar-refractivity contribution in [2.24, 2.45) is 0 Å². The molecule has 0 atom stereocenters. The predicted molar refractivity (Wildman–Crippen MR) is 54.2 cm³/mol. The largest absolute Gasteiger partial charge is 0.396 e. The summed E-state index contributed by atoms with van der Waals surface area (Å²) in [5.41, 5.74) is -0.149. The summed E-state index contributed by atoms with van der Waals surface area (Å²) in [6.07, 6.45) is 0.882. The van der Waals surface area contributed by atoms with Gasteiger partial charge in [0.2, 0.25) is 0 Å². The van der Waals surface area contributed by atoms with Crippen molar-refractivity contribution in [3.8, 4) is 0 Å². The van der Waals surface area contributed by atoms with Crippen LogP contribution >= 0.6 is 0 Å². The number of halogens is 2. The molecule has 0 aromatic carbocycles. The number of rotatable bonds is 4. The van der Waals surface area contributed by atoms with Crippen LogP contribution in [0.4, 0.5) is 14.6 Å². The van der Waals surface area contributed by atoms with Gasteiger partial charge in [-0.2, -0.15) is 0 Å². The van der Waals surface area contributed by atoms with Crippen molar-refractivity contribution < 1.29 is 13.9 Å². The molecule has 0 saturated heterocycles. The van der Waals surface area contributed by atoms with Gasteiger partial charge in [0.25, 0.3) is 5.92 Å². The van der Waals surface area contributed by atoms with Crippen LogP contribution in [0.3, 0.4) is 0 Å².